The van der Waals surface area contributed by atoms with E-state index in [0.29, 0.717) is 24.7 Å². The van der Waals surface area contributed by atoms with Crippen LogP contribution >= 0.6 is 0 Å². The van der Waals surface area contributed by atoms with Gasteiger partial charge in [0.15, 0.2) is 0 Å². The Morgan fingerprint density at radius 1 is 1.21 bits per heavy atom. The molecule has 0 amide bonds. The molecule has 0 saturated heterocycles. The lowest BCUT2D eigenvalue weighted by atomic mass is 9.84. The third-order valence-electron chi connectivity index (χ3n) is 4.47. The molecule has 19 heavy (non-hydrogen) atoms. The van der Waals surface area contributed by atoms with Gasteiger partial charge < -0.3 is 5.11 Å². The number of benzene rings is 1. The zero-order chi connectivity index (χ0) is 14.0. The molecule has 106 valence electrons. The molecule has 1 nitrogen and oxygen atoms in total. The number of hydrogen-bond acceptors (Lipinski definition) is 1. The van der Waals surface area contributed by atoms with Crippen LogP contribution in [-0.2, 0) is 5.60 Å². The molecule has 1 aromatic rings. The highest BCUT2D eigenvalue weighted by atomic mass is 19.1. The molecule has 0 aromatic heterocycles. The second kappa shape index (κ2) is 5.58. The first-order valence-corrected chi connectivity index (χ1v) is 7.10. The van der Waals surface area contributed by atoms with Crippen molar-refractivity contribution in [1.29, 1.82) is 0 Å². The molecule has 1 aromatic carbocycles. The summed E-state index contributed by atoms with van der Waals surface area (Å²) in [6.07, 6.45) is 3.96. The molecule has 3 heteroatoms. The van der Waals surface area contributed by atoms with Gasteiger partial charge in [0, 0.05) is 11.6 Å². The van der Waals surface area contributed by atoms with Crippen molar-refractivity contribution in [2.75, 3.05) is 0 Å². The molecule has 2 rings (SSSR count). The maximum Gasteiger partial charge on any atom is 0.132 e. The number of halogens is 2. The van der Waals surface area contributed by atoms with E-state index in [-0.39, 0.29) is 5.56 Å². The summed E-state index contributed by atoms with van der Waals surface area (Å²) in [5.41, 5.74) is -0.889. The third-order valence-corrected chi connectivity index (χ3v) is 4.47. The highest BCUT2D eigenvalue weighted by Gasteiger charge is 2.35. The Balaban J connectivity index is 2.22. The molecule has 1 N–H and O–H groups in total. The van der Waals surface area contributed by atoms with Crippen molar-refractivity contribution in [2.45, 2.75) is 51.6 Å². The van der Waals surface area contributed by atoms with Gasteiger partial charge in [-0.25, -0.2) is 8.78 Å². The molecule has 1 fully saturated rings. The minimum atomic E-state index is -1.14. The molecule has 1 aliphatic rings. The number of hydrogen-bond donors (Lipinski definition) is 1. The summed E-state index contributed by atoms with van der Waals surface area (Å²) in [5.74, 6) is -0.0676. The second-order valence-electron chi connectivity index (χ2n) is 6.09. The van der Waals surface area contributed by atoms with Crippen LogP contribution in [0, 0.1) is 23.5 Å². The minimum Gasteiger partial charge on any atom is -0.385 e. The van der Waals surface area contributed by atoms with Gasteiger partial charge in [0.2, 0.25) is 0 Å². The van der Waals surface area contributed by atoms with Gasteiger partial charge in [-0.05, 0) is 43.6 Å². The summed E-state index contributed by atoms with van der Waals surface area (Å²) in [6, 6.07) is 3.47. The van der Waals surface area contributed by atoms with E-state index in [1.807, 2.05) is 0 Å². The summed E-state index contributed by atoms with van der Waals surface area (Å²) in [6.45, 7) is 4.38. The van der Waals surface area contributed by atoms with Crippen molar-refractivity contribution in [3.05, 3.63) is 35.4 Å². The fourth-order valence-corrected chi connectivity index (χ4v) is 3.15. The smallest absolute Gasteiger partial charge is 0.132 e. The Bertz CT molecular complexity index is 444. The first kappa shape index (κ1) is 14.4. The first-order chi connectivity index (χ1) is 8.92. The fourth-order valence-electron chi connectivity index (χ4n) is 3.15. The van der Waals surface area contributed by atoms with E-state index in [9.17, 15) is 13.9 Å². The van der Waals surface area contributed by atoms with Gasteiger partial charge in [0.25, 0.3) is 0 Å². The van der Waals surface area contributed by atoms with Crippen LogP contribution in [0.3, 0.4) is 0 Å². The lowest BCUT2D eigenvalue weighted by molar-refractivity contribution is 0.0156. The quantitative estimate of drug-likeness (QED) is 0.789. The van der Waals surface area contributed by atoms with Crippen molar-refractivity contribution >= 4 is 0 Å². The highest BCUT2D eigenvalue weighted by molar-refractivity contribution is 5.25. The van der Waals surface area contributed by atoms with Crippen LogP contribution in [0.25, 0.3) is 0 Å². The van der Waals surface area contributed by atoms with Gasteiger partial charge in [-0.3, -0.25) is 0 Å². The van der Waals surface area contributed by atoms with Crippen LogP contribution in [0.2, 0.25) is 0 Å². The van der Waals surface area contributed by atoms with Crippen LogP contribution < -0.4 is 0 Å². The third kappa shape index (κ3) is 3.14. The van der Waals surface area contributed by atoms with E-state index < -0.39 is 17.2 Å². The van der Waals surface area contributed by atoms with E-state index in [4.69, 9.17) is 0 Å². The molecule has 0 spiro atoms. The zero-order valence-electron chi connectivity index (χ0n) is 11.6. The van der Waals surface area contributed by atoms with Crippen LogP contribution in [0.5, 0.6) is 0 Å². The first-order valence-electron chi connectivity index (χ1n) is 7.10. The lowest BCUT2D eigenvalue weighted by Gasteiger charge is -2.28. The van der Waals surface area contributed by atoms with E-state index in [1.54, 1.807) is 0 Å². The largest absolute Gasteiger partial charge is 0.385 e. The molecule has 1 aliphatic carbocycles. The molecule has 2 unspecified atom stereocenters. The Kier molecular flexibility index (Phi) is 4.24. The van der Waals surface area contributed by atoms with Crippen molar-refractivity contribution in [3.8, 4) is 0 Å². The molecule has 1 saturated carbocycles. The van der Waals surface area contributed by atoms with Crippen LogP contribution in [0.1, 0.15) is 51.5 Å². The minimum absolute atomic E-state index is 0.248. The second-order valence-corrected chi connectivity index (χ2v) is 6.09. The number of aliphatic hydroxyl groups is 1. The predicted molar refractivity (Wildman–Crippen MR) is 71.7 cm³/mol. The molecule has 0 aliphatic heterocycles. The lowest BCUT2D eigenvalue weighted by Crippen LogP contribution is -2.26. The zero-order valence-corrected chi connectivity index (χ0v) is 11.6. The summed E-state index contributed by atoms with van der Waals surface area (Å²) < 4.78 is 26.8. The van der Waals surface area contributed by atoms with E-state index in [2.05, 4.69) is 13.8 Å². The van der Waals surface area contributed by atoms with Gasteiger partial charge in [0.1, 0.15) is 11.6 Å². The van der Waals surface area contributed by atoms with E-state index in [0.717, 1.165) is 25.3 Å². The maximum atomic E-state index is 13.9. The van der Waals surface area contributed by atoms with Crippen molar-refractivity contribution in [1.82, 2.24) is 0 Å². The Morgan fingerprint density at radius 3 is 2.58 bits per heavy atom. The summed E-state index contributed by atoms with van der Waals surface area (Å²) in [5, 5.41) is 10.7. The summed E-state index contributed by atoms with van der Waals surface area (Å²) in [4.78, 5) is 0. The molecular weight excluding hydrogens is 246 g/mol. The van der Waals surface area contributed by atoms with Crippen molar-refractivity contribution in [3.63, 3.8) is 0 Å². The normalized spacial score (nSPS) is 28.4. The highest BCUT2D eigenvalue weighted by Crippen LogP contribution is 2.40. The van der Waals surface area contributed by atoms with Crippen LogP contribution in [0.15, 0.2) is 18.2 Å². The van der Waals surface area contributed by atoms with Crippen molar-refractivity contribution in [2.24, 2.45) is 11.8 Å². The van der Waals surface area contributed by atoms with Gasteiger partial charge in [-0.1, -0.05) is 26.3 Å². The van der Waals surface area contributed by atoms with Crippen molar-refractivity contribution < 1.29 is 13.9 Å². The monoisotopic (exact) mass is 268 g/mol. The standard InChI is InChI=1S/C16H22F2O/c1-11(2)12-4-3-8-16(19,9-7-12)14-6-5-13(17)10-15(14)18/h5-6,10-12,19H,3-4,7-9H2,1-2H3. The van der Waals surface area contributed by atoms with Gasteiger partial charge in [0.05, 0.1) is 5.60 Å². The van der Waals surface area contributed by atoms with Gasteiger partial charge in [-0.15, -0.1) is 0 Å². The van der Waals surface area contributed by atoms with E-state index >= 15 is 0 Å². The molecule has 0 bridgehead atoms. The Hall–Kier alpha value is -0.960. The average molecular weight is 268 g/mol. The predicted octanol–water partition coefficient (Wildman–Crippen LogP) is 4.39. The Morgan fingerprint density at radius 2 is 1.95 bits per heavy atom. The summed E-state index contributed by atoms with van der Waals surface area (Å²) in [7, 11) is 0. The van der Waals surface area contributed by atoms with Crippen LogP contribution in [0.4, 0.5) is 8.78 Å². The topological polar surface area (TPSA) is 20.2 Å². The van der Waals surface area contributed by atoms with E-state index in [1.165, 1.54) is 12.1 Å². The van der Waals surface area contributed by atoms with Gasteiger partial charge in [-0.2, -0.15) is 0 Å². The number of rotatable bonds is 2. The SMILES string of the molecule is CC(C)C1CCCC(O)(c2ccc(F)cc2F)CC1. The Labute approximate surface area is 113 Å². The fraction of sp³-hybridized carbons (Fsp3) is 0.625. The molecule has 2 atom stereocenters. The molecule has 0 heterocycles. The maximum absolute atomic E-state index is 13.9. The molecular formula is C16H22F2O. The van der Waals surface area contributed by atoms with Crippen LogP contribution in [-0.4, -0.2) is 5.11 Å². The van der Waals surface area contributed by atoms with Gasteiger partial charge >= 0.3 is 0 Å². The molecule has 0 radical (unpaired) electrons. The average Bonchev–Trinajstić information content (AvgIpc) is 2.51. The summed E-state index contributed by atoms with van der Waals surface area (Å²) >= 11 is 0.